The van der Waals surface area contributed by atoms with Crippen LogP contribution in [0, 0.1) is 11.8 Å². The van der Waals surface area contributed by atoms with Crippen molar-refractivity contribution in [3.63, 3.8) is 0 Å². The molecule has 0 aliphatic rings. The van der Waals surface area contributed by atoms with Gasteiger partial charge in [0.2, 0.25) is 10.0 Å². The lowest BCUT2D eigenvalue weighted by atomic mass is 10.2. The summed E-state index contributed by atoms with van der Waals surface area (Å²) in [4.78, 5) is 0.124. The molecule has 0 spiro atoms. The number of nitrogens with one attached hydrogen (secondary N) is 1. The first-order chi connectivity index (χ1) is 9.94. The van der Waals surface area contributed by atoms with Crippen molar-refractivity contribution in [3.05, 3.63) is 23.8 Å². The normalized spacial score (nSPS) is 12.4. The molecule has 0 aliphatic carbocycles. The Morgan fingerprint density at radius 1 is 1.48 bits per heavy atom. The summed E-state index contributed by atoms with van der Waals surface area (Å²) in [6.07, 6.45) is 1.93. The fourth-order valence-electron chi connectivity index (χ4n) is 1.48. The van der Waals surface area contributed by atoms with Gasteiger partial charge in [0.1, 0.15) is 12.4 Å². The number of rotatable bonds is 6. The molecule has 1 unspecified atom stereocenters. The highest BCUT2D eigenvalue weighted by atomic mass is 32.2. The van der Waals surface area contributed by atoms with Gasteiger partial charge in [-0.05, 0) is 24.5 Å². The summed E-state index contributed by atoms with van der Waals surface area (Å²) in [5.74, 6) is 5.63. The maximum absolute atomic E-state index is 12.2. The molecule has 0 heterocycles. The average molecular weight is 329 g/mol. The zero-order valence-electron chi connectivity index (χ0n) is 12.2. The van der Waals surface area contributed by atoms with Crippen molar-refractivity contribution in [1.29, 1.82) is 0 Å². The Morgan fingerprint density at radius 3 is 2.76 bits per heavy atom. The van der Waals surface area contributed by atoms with Crippen LogP contribution in [0.15, 0.2) is 23.1 Å². The molecule has 21 heavy (non-hydrogen) atoms. The van der Waals surface area contributed by atoms with Crippen molar-refractivity contribution in [3.8, 4) is 17.6 Å². The van der Waals surface area contributed by atoms with E-state index in [-0.39, 0.29) is 16.8 Å². The van der Waals surface area contributed by atoms with Gasteiger partial charge in [-0.25, -0.2) is 13.1 Å². The SMILES string of the molecule is COc1ccc(S(=O)(=O)NCC(C)SC)cc1C#CCO. The van der Waals surface area contributed by atoms with Gasteiger partial charge < -0.3 is 9.84 Å². The van der Waals surface area contributed by atoms with Crippen LogP contribution in [-0.2, 0) is 10.0 Å². The number of aliphatic hydroxyl groups is 1. The second-order valence-electron chi connectivity index (χ2n) is 4.22. The van der Waals surface area contributed by atoms with Crippen LogP contribution in [0.2, 0.25) is 0 Å². The van der Waals surface area contributed by atoms with E-state index in [1.165, 1.54) is 19.2 Å². The summed E-state index contributed by atoms with van der Waals surface area (Å²) in [5, 5.41) is 8.93. The third kappa shape index (κ3) is 5.25. The minimum Gasteiger partial charge on any atom is -0.495 e. The van der Waals surface area contributed by atoms with Crippen molar-refractivity contribution in [2.45, 2.75) is 17.1 Å². The molecule has 116 valence electrons. The van der Waals surface area contributed by atoms with Crippen LogP contribution in [0.1, 0.15) is 12.5 Å². The average Bonchev–Trinajstić information content (AvgIpc) is 2.50. The predicted molar refractivity (Wildman–Crippen MR) is 85.1 cm³/mol. The van der Waals surface area contributed by atoms with E-state index in [4.69, 9.17) is 9.84 Å². The van der Waals surface area contributed by atoms with Gasteiger partial charge >= 0.3 is 0 Å². The number of hydrogen-bond donors (Lipinski definition) is 2. The molecule has 0 bridgehead atoms. The number of ether oxygens (including phenoxy) is 1. The van der Waals surface area contributed by atoms with E-state index in [2.05, 4.69) is 16.6 Å². The summed E-state index contributed by atoms with van der Waals surface area (Å²) >= 11 is 1.58. The minimum absolute atomic E-state index is 0.124. The molecule has 7 heteroatoms. The lowest BCUT2D eigenvalue weighted by molar-refractivity contribution is 0.350. The molecule has 0 saturated heterocycles. The van der Waals surface area contributed by atoms with E-state index in [9.17, 15) is 8.42 Å². The van der Waals surface area contributed by atoms with Gasteiger partial charge in [-0.15, -0.1) is 0 Å². The minimum atomic E-state index is -3.59. The first kappa shape index (κ1) is 17.9. The van der Waals surface area contributed by atoms with Crippen LogP contribution in [0.5, 0.6) is 5.75 Å². The van der Waals surface area contributed by atoms with E-state index >= 15 is 0 Å². The third-order valence-corrected chi connectivity index (χ3v) is 5.14. The van der Waals surface area contributed by atoms with E-state index in [0.29, 0.717) is 17.9 Å². The Bertz CT molecular complexity index is 632. The van der Waals surface area contributed by atoms with Crippen molar-refractivity contribution in [2.24, 2.45) is 0 Å². The lowest BCUT2D eigenvalue weighted by Gasteiger charge is -2.12. The largest absolute Gasteiger partial charge is 0.495 e. The second kappa shape index (κ2) is 8.29. The zero-order valence-corrected chi connectivity index (χ0v) is 13.8. The molecule has 0 amide bonds. The number of thioether (sulfide) groups is 1. The van der Waals surface area contributed by atoms with Crippen LogP contribution >= 0.6 is 11.8 Å². The third-order valence-electron chi connectivity index (χ3n) is 2.75. The smallest absolute Gasteiger partial charge is 0.240 e. The van der Waals surface area contributed by atoms with Crippen molar-refractivity contribution in [1.82, 2.24) is 4.72 Å². The molecule has 0 fully saturated rings. The van der Waals surface area contributed by atoms with E-state index in [1.807, 2.05) is 13.2 Å². The Hall–Kier alpha value is -1.20. The van der Waals surface area contributed by atoms with Gasteiger partial charge in [0.15, 0.2) is 0 Å². The Balaban J connectivity index is 3.07. The highest BCUT2D eigenvalue weighted by Crippen LogP contribution is 2.21. The Labute approximate surface area is 130 Å². The molecular formula is C14H19NO4S2. The van der Waals surface area contributed by atoms with E-state index < -0.39 is 10.0 Å². The summed E-state index contributed by atoms with van der Waals surface area (Å²) in [5.41, 5.74) is 0.423. The quantitative estimate of drug-likeness (QED) is 0.764. The van der Waals surface area contributed by atoms with Crippen molar-refractivity contribution in [2.75, 3.05) is 26.5 Å². The summed E-state index contributed by atoms with van der Waals surface area (Å²) < 4.78 is 32.1. The topological polar surface area (TPSA) is 75.6 Å². The monoisotopic (exact) mass is 329 g/mol. The van der Waals surface area contributed by atoms with Crippen LogP contribution < -0.4 is 9.46 Å². The van der Waals surface area contributed by atoms with Gasteiger partial charge in [0, 0.05) is 11.8 Å². The molecule has 1 aromatic carbocycles. The van der Waals surface area contributed by atoms with Crippen LogP contribution in [0.4, 0.5) is 0 Å². The zero-order chi connectivity index (χ0) is 15.9. The molecule has 0 aromatic heterocycles. The maximum atomic E-state index is 12.2. The summed E-state index contributed by atoms with van der Waals surface area (Å²) in [6, 6.07) is 4.45. The van der Waals surface area contributed by atoms with E-state index in [0.717, 1.165) is 0 Å². The van der Waals surface area contributed by atoms with Gasteiger partial charge in [-0.2, -0.15) is 11.8 Å². The lowest BCUT2D eigenvalue weighted by Crippen LogP contribution is -2.29. The van der Waals surface area contributed by atoms with Gasteiger partial charge in [0.25, 0.3) is 0 Å². The number of methoxy groups -OCH3 is 1. The maximum Gasteiger partial charge on any atom is 0.240 e. The molecule has 2 N–H and O–H groups in total. The molecule has 0 saturated carbocycles. The van der Waals surface area contributed by atoms with Crippen LogP contribution in [0.3, 0.4) is 0 Å². The number of sulfonamides is 1. The van der Waals surface area contributed by atoms with Gasteiger partial charge in [-0.1, -0.05) is 18.8 Å². The van der Waals surface area contributed by atoms with Crippen molar-refractivity contribution >= 4 is 21.8 Å². The Kier molecular flexibility index (Phi) is 7.05. The molecule has 1 atom stereocenters. The fraction of sp³-hybridized carbons (Fsp3) is 0.429. The number of benzene rings is 1. The molecule has 1 aromatic rings. The fourth-order valence-corrected chi connectivity index (χ4v) is 2.99. The second-order valence-corrected chi connectivity index (χ2v) is 7.26. The van der Waals surface area contributed by atoms with Crippen LogP contribution in [0.25, 0.3) is 0 Å². The predicted octanol–water partition coefficient (Wildman–Crippen LogP) is 1.07. The molecular weight excluding hydrogens is 310 g/mol. The number of hydrogen-bond acceptors (Lipinski definition) is 5. The standard InChI is InChI=1S/C14H19NO4S2/c1-11(20-3)10-15-21(17,18)13-6-7-14(19-2)12(9-13)5-4-8-16/h6-7,9,11,15-16H,8,10H2,1-3H3. The molecule has 0 aliphatic heterocycles. The first-order valence-corrected chi connectivity index (χ1v) is 9.02. The highest BCUT2D eigenvalue weighted by Gasteiger charge is 2.16. The first-order valence-electron chi connectivity index (χ1n) is 6.24. The Morgan fingerprint density at radius 2 is 2.19 bits per heavy atom. The molecule has 1 rings (SSSR count). The summed E-state index contributed by atoms with van der Waals surface area (Å²) in [6.45, 7) is 2.00. The van der Waals surface area contributed by atoms with E-state index in [1.54, 1.807) is 17.8 Å². The molecule has 5 nitrogen and oxygen atoms in total. The number of aliphatic hydroxyl groups excluding tert-OH is 1. The van der Waals surface area contributed by atoms with Gasteiger partial charge in [-0.3, -0.25) is 0 Å². The van der Waals surface area contributed by atoms with Crippen LogP contribution in [-0.4, -0.2) is 45.3 Å². The van der Waals surface area contributed by atoms with Crippen molar-refractivity contribution < 1.29 is 18.3 Å². The summed E-state index contributed by atoms with van der Waals surface area (Å²) in [7, 11) is -2.11. The highest BCUT2D eigenvalue weighted by molar-refractivity contribution is 7.99. The van der Waals surface area contributed by atoms with Gasteiger partial charge in [0.05, 0.1) is 17.6 Å². The molecule has 0 radical (unpaired) electrons.